The molecule has 2 rings (SSSR count). The van der Waals surface area contributed by atoms with Crippen molar-refractivity contribution in [1.29, 1.82) is 0 Å². The lowest BCUT2D eigenvalue weighted by molar-refractivity contribution is -0.0117. The number of hydrogen-bond donors (Lipinski definition) is 2. The fraction of sp³-hybridized carbons (Fsp3) is 0.636. The predicted octanol–water partition coefficient (Wildman–Crippen LogP) is 0.261. The van der Waals surface area contributed by atoms with Crippen molar-refractivity contribution in [3.63, 3.8) is 0 Å². The van der Waals surface area contributed by atoms with Gasteiger partial charge in [-0.2, -0.15) is 0 Å². The van der Waals surface area contributed by atoms with Gasteiger partial charge in [-0.05, 0) is 7.05 Å². The van der Waals surface area contributed by atoms with Crippen LogP contribution < -0.4 is 10.6 Å². The minimum absolute atomic E-state index is 0.224. The molecule has 0 saturated carbocycles. The molecule has 0 spiro atoms. The predicted molar refractivity (Wildman–Crippen MR) is 67.3 cm³/mol. The molecule has 1 unspecified atom stereocenters. The Hall–Kier alpha value is -1.40. The highest BCUT2D eigenvalue weighted by Crippen LogP contribution is 2.09. The lowest BCUT2D eigenvalue weighted by Gasteiger charge is -2.30. The number of nitrogens with zero attached hydrogens (tertiary/aromatic N) is 3. The van der Waals surface area contributed by atoms with Crippen LogP contribution >= 0.6 is 0 Å². The van der Waals surface area contributed by atoms with Crippen molar-refractivity contribution in [3.05, 3.63) is 12.4 Å². The molecule has 0 aliphatic carbocycles. The fourth-order valence-corrected chi connectivity index (χ4v) is 1.80. The second-order valence-corrected chi connectivity index (χ2v) is 4.17. The summed E-state index contributed by atoms with van der Waals surface area (Å²) in [5.41, 5.74) is 0. The maximum atomic E-state index is 5.66. The van der Waals surface area contributed by atoms with E-state index in [2.05, 4.69) is 32.5 Å². The van der Waals surface area contributed by atoms with Gasteiger partial charge in [-0.1, -0.05) is 0 Å². The minimum Gasteiger partial charge on any atom is -0.374 e. The van der Waals surface area contributed by atoms with E-state index in [1.54, 1.807) is 6.33 Å². The number of likely N-dealkylation sites (N-methyl/N-ethyl adjacent to an activating group) is 1. The van der Waals surface area contributed by atoms with Gasteiger partial charge in [0.2, 0.25) is 0 Å². The van der Waals surface area contributed by atoms with Crippen LogP contribution in [0.2, 0.25) is 0 Å². The topological polar surface area (TPSA) is 62.3 Å². The molecule has 1 aliphatic heterocycles. The minimum atomic E-state index is 0.224. The van der Waals surface area contributed by atoms with Crippen LogP contribution in [0.1, 0.15) is 0 Å². The summed E-state index contributed by atoms with van der Waals surface area (Å²) >= 11 is 0. The highest BCUT2D eigenvalue weighted by Gasteiger charge is 2.17. The van der Waals surface area contributed by atoms with Gasteiger partial charge in [-0.25, -0.2) is 9.97 Å². The van der Waals surface area contributed by atoms with E-state index < -0.39 is 0 Å². The van der Waals surface area contributed by atoms with Gasteiger partial charge in [-0.3, -0.25) is 0 Å². The van der Waals surface area contributed by atoms with Gasteiger partial charge in [-0.15, -0.1) is 0 Å². The van der Waals surface area contributed by atoms with E-state index in [1.807, 2.05) is 13.1 Å². The van der Waals surface area contributed by atoms with Gasteiger partial charge in [0, 0.05) is 32.7 Å². The maximum absolute atomic E-state index is 5.66. The average molecular weight is 237 g/mol. The Balaban J connectivity index is 1.84. The third kappa shape index (κ3) is 3.54. The average Bonchev–Trinajstić information content (AvgIpc) is 2.37. The van der Waals surface area contributed by atoms with Crippen molar-refractivity contribution >= 4 is 11.6 Å². The molecule has 2 N–H and O–H groups in total. The monoisotopic (exact) mass is 237 g/mol. The Morgan fingerprint density at radius 3 is 3.06 bits per heavy atom. The van der Waals surface area contributed by atoms with E-state index in [9.17, 15) is 0 Å². The summed E-state index contributed by atoms with van der Waals surface area (Å²) in [7, 11) is 3.95. The van der Waals surface area contributed by atoms with Gasteiger partial charge in [0.15, 0.2) is 0 Å². The van der Waals surface area contributed by atoms with Crippen LogP contribution in [0, 0.1) is 0 Å². The van der Waals surface area contributed by atoms with E-state index in [4.69, 9.17) is 4.74 Å². The lowest BCUT2D eigenvalue weighted by Crippen LogP contribution is -2.43. The van der Waals surface area contributed by atoms with Crippen molar-refractivity contribution in [2.24, 2.45) is 0 Å². The molecule has 94 valence electrons. The van der Waals surface area contributed by atoms with Crippen molar-refractivity contribution < 1.29 is 4.74 Å². The first-order valence-corrected chi connectivity index (χ1v) is 5.82. The molecule has 1 aliphatic rings. The van der Waals surface area contributed by atoms with Crippen LogP contribution in [-0.2, 0) is 4.74 Å². The molecule has 1 fully saturated rings. The Morgan fingerprint density at radius 2 is 2.29 bits per heavy atom. The fourth-order valence-electron chi connectivity index (χ4n) is 1.80. The number of rotatable bonds is 4. The number of nitrogens with one attached hydrogen (secondary N) is 2. The molecule has 6 nitrogen and oxygen atoms in total. The molecule has 1 saturated heterocycles. The van der Waals surface area contributed by atoms with Crippen LogP contribution in [0.5, 0.6) is 0 Å². The molecule has 0 bridgehead atoms. The molecule has 2 heterocycles. The van der Waals surface area contributed by atoms with Crippen LogP contribution in [0.4, 0.5) is 11.6 Å². The summed E-state index contributed by atoms with van der Waals surface area (Å²) < 4.78 is 5.66. The van der Waals surface area contributed by atoms with Crippen LogP contribution in [0.25, 0.3) is 0 Å². The Labute approximate surface area is 101 Å². The van der Waals surface area contributed by atoms with Crippen LogP contribution in [0.15, 0.2) is 12.4 Å². The van der Waals surface area contributed by atoms with Crippen molar-refractivity contribution in [1.82, 2.24) is 14.9 Å². The van der Waals surface area contributed by atoms with Crippen molar-refractivity contribution in [2.75, 3.05) is 51.0 Å². The zero-order chi connectivity index (χ0) is 12.1. The zero-order valence-electron chi connectivity index (χ0n) is 10.3. The van der Waals surface area contributed by atoms with Gasteiger partial charge >= 0.3 is 0 Å². The molecule has 1 aromatic heterocycles. The maximum Gasteiger partial charge on any atom is 0.131 e. The van der Waals surface area contributed by atoms with Crippen molar-refractivity contribution in [2.45, 2.75) is 6.10 Å². The molecule has 1 aromatic rings. The number of aromatic nitrogens is 2. The Kier molecular flexibility index (Phi) is 4.11. The first-order chi connectivity index (χ1) is 8.28. The van der Waals surface area contributed by atoms with E-state index in [0.717, 1.165) is 37.9 Å². The Morgan fingerprint density at radius 1 is 1.47 bits per heavy atom. The standard InChI is InChI=1S/C11H19N5O/c1-12-10-5-11(15-8-14-10)13-6-9-7-16(2)3-4-17-9/h5,8-9H,3-4,6-7H2,1-2H3,(H2,12,13,14,15). The van der Waals surface area contributed by atoms with Crippen molar-refractivity contribution in [3.8, 4) is 0 Å². The molecule has 1 atom stereocenters. The highest BCUT2D eigenvalue weighted by molar-refractivity contribution is 5.45. The molecule has 0 amide bonds. The van der Waals surface area contributed by atoms with Gasteiger partial charge in [0.1, 0.15) is 18.0 Å². The lowest BCUT2D eigenvalue weighted by atomic mass is 10.3. The van der Waals surface area contributed by atoms with E-state index in [0.29, 0.717) is 0 Å². The first-order valence-electron chi connectivity index (χ1n) is 5.82. The smallest absolute Gasteiger partial charge is 0.131 e. The van der Waals surface area contributed by atoms with Crippen LogP contribution in [0.3, 0.4) is 0 Å². The van der Waals surface area contributed by atoms with Gasteiger partial charge in [0.05, 0.1) is 12.7 Å². The third-order valence-electron chi connectivity index (χ3n) is 2.78. The number of hydrogen-bond acceptors (Lipinski definition) is 6. The van der Waals surface area contributed by atoms with E-state index in [-0.39, 0.29) is 6.10 Å². The molecule has 0 radical (unpaired) electrons. The SMILES string of the molecule is CNc1cc(NCC2CN(C)CCO2)ncn1. The quantitative estimate of drug-likeness (QED) is 0.783. The molecular weight excluding hydrogens is 218 g/mol. The summed E-state index contributed by atoms with van der Waals surface area (Å²) in [6.07, 6.45) is 1.77. The van der Waals surface area contributed by atoms with E-state index in [1.165, 1.54) is 0 Å². The second kappa shape index (κ2) is 5.79. The molecular formula is C11H19N5O. The summed E-state index contributed by atoms with van der Waals surface area (Å²) in [5.74, 6) is 1.63. The first kappa shape index (κ1) is 12.1. The Bertz CT molecular complexity index is 359. The normalized spacial score (nSPS) is 21.2. The third-order valence-corrected chi connectivity index (χ3v) is 2.78. The van der Waals surface area contributed by atoms with Gasteiger partial charge < -0.3 is 20.3 Å². The summed E-state index contributed by atoms with van der Waals surface area (Å²) in [6, 6.07) is 1.88. The number of ether oxygens (including phenoxy) is 1. The molecule has 17 heavy (non-hydrogen) atoms. The number of morpholine rings is 1. The largest absolute Gasteiger partial charge is 0.374 e. The van der Waals surface area contributed by atoms with Gasteiger partial charge in [0.25, 0.3) is 0 Å². The summed E-state index contributed by atoms with van der Waals surface area (Å²) in [5, 5.41) is 6.25. The molecule has 0 aromatic carbocycles. The summed E-state index contributed by atoms with van der Waals surface area (Å²) in [6.45, 7) is 3.53. The highest BCUT2D eigenvalue weighted by atomic mass is 16.5. The summed E-state index contributed by atoms with van der Waals surface area (Å²) in [4.78, 5) is 10.5. The van der Waals surface area contributed by atoms with E-state index >= 15 is 0 Å². The molecule has 6 heteroatoms. The zero-order valence-corrected chi connectivity index (χ0v) is 10.3. The second-order valence-electron chi connectivity index (χ2n) is 4.17. The number of anilines is 2. The van der Waals surface area contributed by atoms with Crippen LogP contribution in [-0.4, -0.2) is 61.3 Å².